The number of carbonyl (C=O) groups excluding carboxylic acids is 2. The number of pyridine rings is 1. The number of likely N-dealkylation sites (tertiary alicyclic amines) is 1. The minimum Gasteiger partial charge on any atom is -0.444 e. The lowest BCUT2D eigenvalue weighted by Gasteiger charge is -2.24. The lowest BCUT2D eigenvalue weighted by atomic mass is 9.98. The summed E-state index contributed by atoms with van der Waals surface area (Å²) in [6, 6.07) is 3.59. The van der Waals surface area contributed by atoms with Crippen molar-refractivity contribution in [1.82, 2.24) is 9.88 Å². The highest BCUT2D eigenvalue weighted by Crippen LogP contribution is 2.23. The Hall–Kier alpha value is -2.35. The monoisotopic (exact) mass is 406 g/mol. The molecule has 29 heavy (non-hydrogen) atoms. The van der Waals surface area contributed by atoms with Gasteiger partial charge in [-0.25, -0.2) is 14.6 Å². The van der Waals surface area contributed by atoms with E-state index in [0.717, 1.165) is 11.3 Å². The maximum absolute atomic E-state index is 12.3. The third kappa shape index (κ3) is 7.53. The van der Waals surface area contributed by atoms with Gasteiger partial charge in [0.15, 0.2) is 0 Å². The Bertz CT molecular complexity index is 752. The lowest BCUT2D eigenvalue weighted by Crippen LogP contribution is -2.36. The second-order valence-electron chi connectivity index (χ2n) is 9.66. The van der Waals surface area contributed by atoms with Crippen LogP contribution >= 0.6 is 0 Å². The van der Waals surface area contributed by atoms with Crippen molar-refractivity contribution in [3.05, 3.63) is 23.4 Å². The molecule has 1 aliphatic rings. The molecule has 2 heterocycles. The fourth-order valence-corrected chi connectivity index (χ4v) is 3.17. The molecule has 0 saturated carbocycles. The Kier molecular flexibility index (Phi) is 6.78. The van der Waals surface area contributed by atoms with Crippen molar-refractivity contribution in [3.8, 4) is 0 Å². The smallest absolute Gasteiger partial charge is 0.413 e. The fraction of sp³-hybridized carbons (Fsp3) is 0.667. The van der Waals surface area contributed by atoms with E-state index in [1.165, 1.54) is 0 Å². The minimum absolute atomic E-state index is 0.0613. The van der Waals surface area contributed by atoms with Crippen molar-refractivity contribution in [2.75, 3.05) is 18.4 Å². The summed E-state index contributed by atoms with van der Waals surface area (Å²) in [7, 11) is 0. The van der Waals surface area contributed by atoms with Gasteiger partial charge >= 0.3 is 12.2 Å². The SMILES string of the molecule is Cc1cc(C[C@H]2CN(C(=O)OC(C)(C)C)C[C@@H]2N)nc(NC(=O)OC(C)(C)C)c1. The molecule has 2 amide bonds. The lowest BCUT2D eigenvalue weighted by molar-refractivity contribution is 0.0286. The molecule has 1 aromatic heterocycles. The highest BCUT2D eigenvalue weighted by molar-refractivity contribution is 5.83. The second-order valence-corrected chi connectivity index (χ2v) is 9.66. The zero-order valence-corrected chi connectivity index (χ0v) is 18.5. The van der Waals surface area contributed by atoms with E-state index in [2.05, 4.69) is 10.3 Å². The largest absolute Gasteiger partial charge is 0.444 e. The summed E-state index contributed by atoms with van der Waals surface area (Å²) >= 11 is 0. The Morgan fingerprint density at radius 1 is 1.14 bits per heavy atom. The molecule has 162 valence electrons. The van der Waals surface area contributed by atoms with Crippen LogP contribution in [0.3, 0.4) is 0 Å². The van der Waals surface area contributed by atoms with E-state index >= 15 is 0 Å². The van der Waals surface area contributed by atoms with Crippen LogP contribution in [0.4, 0.5) is 15.4 Å². The predicted molar refractivity (Wildman–Crippen MR) is 112 cm³/mol. The van der Waals surface area contributed by atoms with Crippen LogP contribution in [0.25, 0.3) is 0 Å². The summed E-state index contributed by atoms with van der Waals surface area (Å²) in [6.45, 7) is 13.8. The first-order chi connectivity index (χ1) is 13.2. The molecule has 1 aliphatic heterocycles. The number of nitrogens with two attached hydrogens (primary N) is 1. The number of ether oxygens (including phenoxy) is 2. The van der Waals surface area contributed by atoms with E-state index in [9.17, 15) is 9.59 Å². The average molecular weight is 407 g/mol. The first-order valence-electron chi connectivity index (χ1n) is 9.93. The number of rotatable bonds is 3. The maximum Gasteiger partial charge on any atom is 0.413 e. The van der Waals surface area contributed by atoms with Gasteiger partial charge in [-0.3, -0.25) is 5.32 Å². The zero-order valence-electron chi connectivity index (χ0n) is 18.5. The third-order valence-corrected chi connectivity index (χ3v) is 4.27. The summed E-state index contributed by atoms with van der Waals surface area (Å²) in [5, 5.41) is 2.68. The van der Waals surface area contributed by atoms with Crippen LogP contribution in [0.1, 0.15) is 52.8 Å². The minimum atomic E-state index is -0.585. The molecule has 2 atom stereocenters. The molecule has 1 fully saturated rings. The van der Waals surface area contributed by atoms with Crippen LogP contribution in [0, 0.1) is 12.8 Å². The van der Waals surface area contributed by atoms with E-state index < -0.39 is 17.3 Å². The summed E-state index contributed by atoms with van der Waals surface area (Å²) in [5.74, 6) is 0.496. The molecule has 2 rings (SSSR count). The van der Waals surface area contributed by atoms with Gasteiger partial charge in [0.1, 0.15) is 17.0 Å². The standard InChI is InChI=1S/C21H34N4O4/c1-13-8-15(23-17(9-13)24-18(26)28-20(2,3)4)10-14-11-25(12-16(14)22)19(27)29-21(5,6)7/h8-9,14,16H,10-12,22H2,1-7H3,(H,23,24,26)/t14-,16-/m0/s1. The normalized spacial score (nSPS) is 19.8. The van der Waals surface area contributed by atoms with Crippen LogP contribution < -0.4 is 11.1 Å². The van der Waals surface area contributed by atoms with Gasteiger partial charge in [-0.1, -0.05) is 0 Å². The summed E-state index contributed by atoms with van der Waals surface area (Å²) in [6.07, 6.45) is -0.291. The first-order valence-corrected chi connectivity index (χ1v) is 9.93. The first kappa shape index (κ1) is 22.9. The number of aryl methyl sites for hydroxylation is 1. The maximum atomic E-state index is 12.3. The predicted octanol–water partition coefficient (Wildman–Crippen LogP) is 3.47. The topological polar surface area (TPSA) is 107 Å². The number of nitrogens with one attached hydrogen (secondary N) is 1. The van der Waals surface area contributed by atoms with E-state index in [4.69, 9.17) is 15.2 Å². The van der Waals surface area contributed by atoms with Gasteiger partial charge in [-0.2, -0.15) is 0 Å². The van der Waals surface area contributed by atoms with Crippen LogP contribution in [-0.4, -0.2) is 52.4 Å². The molecule has 0 aromatic carbocycles. The van der Waals surface area contributed by atoms with E-state index in [0.29, 0.717) is 25.3 Å². The highest BCUT2D eigenvalue weighted by Gasteiger charge is 2.35. The van der Waals surface area contributed by atoms with Gasteiger partial charge in [0.25, 0.3) is 0 Å². The van der Waals surface area contributed by atoms with Gasteiger partial charge in [-0.15, -0.1) is 0 Å². The Morgan fingerprint density at radius 3 is 2.34 bits per heavy atom. The van der Waals surface area contributed by atoms with Gasteiger partial charge in [0.2, 0.25) is 0 Å². The van der Waals surface area contributed by atoms with Crippen molar-refractivity contribution < 1.29 is 19.1 Å². The number of hydrogen-bond donors (Lipinski definition) is 2. The van der Waals surface area contributed by atoms with Gasteiger partial charge in [-0.05, 0) is 78.5 Å². The molecular formula is C21H34N4O4. The molecule has 0 bridgehead atoms. The summed E-state index contributed by atoms with van der Waals surface area (Å²) < 4.78 is 10.7. The van der Waals surface area contributed by atoms with E-state index in [1.807, 2.05) is 33.8 Å². The molecule has 0 aliphatic carbocycles. The molecular weight excluding hydrogens is 372 g/mol. The van der Waals surface area contributed by atoms with Crippen LogP contribution in [0.15, 0.2) is 12.1 Å². The van der Waals surface area contributed by atoms with Crippen molar-refractivity contribution in [2.24, 2.45) is 11.7 Å². The molecule has 8 nitrogen and oxygen atoms in total. The number of hydrogen-bond acceptors (Lipinski definition) is 6. The van der Waals surface area contributed by atoms with Crippen LogP contribution in [0.5, 0.6) is 0 Å². The molecule has 3 N–H and O–H groups in total. The van der Waals surface area contributed by atoms with Crippen molar-refractivity contribution >= 4 is 18.0 Å². The molecule has 1 saturated heterocycles. The molecule has 1 aromatic rings. The Morgan fingerprint density at radius 2 is 1.76 bits per heavy atom. The molecule has 0 radical (unpaired) electrons. The number of amides is 2. The summed E-state index contributed by atoms with van der Waals surface area (Å²) in [5.41, 5.74) is 6.93. The number of carbonyl (C=O) groups is 2. The van der Waals surface area contributed by atoms with E-state index in [1.54, 1.807) is 31.7 Å². The summed E-state index contributed by atoms with van der Waals surface area (Å²) in [4.78, 5) is 30.5. The highest BCUT2D eigenvalue weighted by atomic mass is 16.6. The zero-order chi connectivity index (χ0) is 22.0. The Labute approximate surface area is 173 Å². The van der Waals surface area contributed by atoms with Gasteiger partial charge in [0, 0.05) is 24.8 Å². The van der Waals surface area contributed by atoms with Crippen molar-refractivity contribution in [1.29, 1.82) is 0 Å². The molecule has 0 unspecified atom stereocenters. The van der Waals surface area contributed by atoms with Gasteiger partial charge < -0.3 is 20.1 Å². The average Bonchev–Trinajstić information content (AvgIpc) is 2.84. The quantitative estimate of drug-likeness (QED) is 0.796. The van der Waals surface area contributed by atoms with Crippen LogP contribution in [-0.2, 0) is 15.9 Å². The third-order valence-electron chi connectivity index (χ3n) is 4.27. The van der Waals surface area contributed by atoms with E-state index in [-0.39, 0.29) is 18.1 Å². The molecule has 8 heteroatoms. The van der Waals surface area contributed by atoms with Crippen molar-refractivity contribution in [3.63, 3.8) is 0 Å². The number of nitrogens with zero attached hydrogens (tertiary/aromatic N) is 2. The fourth-order valence-electron chi connectivity index (χ4n) is 3.17. The Balaban J connectivity index is 2.03. The second kappa shape index (κ2) is 8.57. The molecule has 0 spiro atoms. The van der Waals surface area contributed by atoms with Crippen molar-refractivity contribution in [2.45, 2.75) is 72.1 Å². The van der Waals surface area contributed by atoms with Crippen LogP contribution in [0.2, 0.25) is 0 Å². The number of aromatic nitrogens is 1. The van der Waals surface area contributed by atoms with Gasteiger partial charge in [0.05, 0.1) is 0 Å². The number of anilines is 1.